The molecule has 0 atom stereocenters. The molecule has 1 aromatic heterocycles. The first-order chi connectivity index (χ1) is 9.80. The van der Waals surface area contributed by atoms with Gasteiger partial charge in [-0.3, -0.25) is 0 Å². The summed E-state index contributed by atoms with van der Waals surface area (Å²) in [5.41, 5.74) is 9.97. The zero-order chi connectivity index (χ0) is 13.9. The molecule has 0 saturated carbocycles. The topological polar surface area (TPSA) is 63.9 Å². The highest BCUT2D eigenvalue weighted by Gasteiger charge is 2.07. The van der Waals surface area contributed by atoms with Gasteiger partial charge in [0.2, 0.25) is 0 Å². The summed E-state index contributed by atoms with van der Waals surface area (Å²) < 4.78 is 5.24. The van der Waals surface area contributed by atoms with Gasteiger partial charge in [-0.2, -0.15) is 0 Å². The molecule has 4 nitrogen and oxygen atoms in total. The number of nitrogens with two attached hydrogens (primary N) is 1. The molecule has 20 heavy (non-hydrogen) atoms. The van der Waals surface area contributed by atoms with Gasteiger partial charge in [0.05, 0.1) is 18.1 Å². The van der Waals surface area contributed by atoms with Crippen LogP contribution in [-0.4, -0.2) is 17.1 Å². The fraction of sp³-hybridized carbons (Fsp3) is 0.188. The van der Waals surface area contributed by atoms with E-state index in [0.717, 1.165) is 40.2 Å². The van der Waals surface area contributed by atoms with Crippen LogP contribution in [0.5, 0.6) is 5.75 Å². The average Bonchev–Trinajstić information content (AvgIpc) is 2.89. The van der Waals surface area contributed by atoms with Crippen LogP contribution in [0.2, 0.25) is 0 Å². The van der Waals surface area contributed by atoms with Crippen molar-refractivity contribution in [3.05, 3.63) is 59.4 Å². The molecule has 3 N–H and O–H groups in total. The highest BCUT2D eigenvalue weighted by atomic mass is 16.5. The van der Waals surface area contributed by atoms with Crippen molar-refractivity contribution in [2.45, 2.75) is 13.0 Å². The van der Waals surface area contributed by atoms with Gasteiger partial charge in [0.25, 0.3) is 0 Å². The molecule has 0 aliphatic carbocycles. The molecule has 3 rings (SSSR count). The third-order valence-electron chi connectivity index (χ3n) is 3.37. The van der Waals surface area contributed by atoms with Gasteiger partial charge in [0.15, 0.2) is 0 Å². The van der Waals surface area contributed by atoms with Crippen molar-refractivity contribution in [1.82, 2.24) is 9.97 Å². The van der Waals surface area contributed by atoms with Gasteiger partial charge < -0.3 is 15.5 Å². The summed E-state index contributed by atoms with van der Waals surface area (Å²) in [5.74, 6) is 1.80. The van der Waals surface area contributed by atoms with Gasteiger partial charge >= 0.3 is 0 Å². The number of methoxy groups -OCH3 is 1. The molecule has 2 aromatic carbocycles. The normalized spacial score (nSPS) is 10.9. The van der Waals surface area contributed by atoms with Crippen LogP contribution in [0.4, 0.5) is 0 Å². The number of H-pyrrole nitrogens is 1. The first-order valence-electron chi connectivity index (χ1n) is 6.59. The molecule has 4 heteroatoms. The van der Waals surface area contributed by atoms with E-state index >= 15 is 0 Å². The van der Waals surface area contributed by atoms with E-state index in [4.69, 9.17) is 10.5 Å². The molecule has 0 saturated heterocycles. The van der Waals surface area contributed by atoms with Crippen molar-refractivity contribution in [2.24, 2.45) is 5.73 Å². The number of imidazole rings is 1. The molecule has 0 unspecified atom stereocenters. The third kappa shape index (κ3) is 2.38. The number of aromatic amines is 1. The molecule has 0 aliphatic heterocycles. The number of nitrogens with one attached hydrogen (secondary N) is 1. The summed E-state index contributed by atoms with van der Waals surface area (Å²) in [4.78, 5) is 8.01. The van der Waals surface area contributed by atoms with Crippen LogP contribution in [0.15, 0.2) is 42.5 Å². The summed E-state index contributed by atoms with van der Waals surface area (Å²) in [5, 5.41) is 0. The number of fused-ring (bicyclic) bond motifs is 1. The van der Waals surface area contributed by atoms with Gasteiger partial charge in [-0.25, -0.2) is 4.98 Å². The Balaban J connectivity index is 1.94. The van der Waals surface area contributed by atoms with Gasteiger partial charge in [0, 0.05) is 13.0 Å². The molecule has 0 radical (unpaired) electrons. The Kier molecular flexibility index (Phi) is 3.39. The number of ether oxygens (including phenoxy) is 1. The standard InChI is InChI=1S/C16H17N3O/c1-20-13-6-2-4-11(8-13)9-15-18-14-7-3-5-12(10-17)16(14)19-15/h2-8H,9-10,17H2,1H3,(H,18,19). The Labute approximate surface area is 117 Å². The van der Waals surface area contributed by atoms with Gasteiger partial charge in [-0.15, -0.1) is 0 Å². The second-order valence-corrected chi connectivity index (χ2v) is 4.73. The maximum atomic E-state index is 5.75. The number of nitrogens with zero attached hydrogens (tertiary/aromatic N) is 1. The molecule has 0 fully saturated rings. The Bertz CT molecular complexity index is 733. The zero-order valence-corrected chi connectivity index (χ0v) is 11.4. The highest BCUT2D eigenvalue weighted by Crippen LogP contribution is 2.19. The second-order valence-electron chi connectivity index (χ2n) is 4.73. The molecular weight excluding hydrogens is 250 g/mol. The quantitative estimate of drug-likeness (QED) is 0.763. The minimum Gasteiger partial charge on any atom is -0.497 e. The first kappa shape index (κ1) is 12.7. The SMILES string of the molecule is COc1cccc(Cc2nc3c(CN)cccc3[nH]2)c1. The largest absolute Gasteiger partial charge is 0.497 e. The smallest absolute Gasteiger partial charge is 0.119 e. The predicted octanol–water partition coefficient (Wildman–Crippen LogP) is 2.62. The van der Waals surface area contributed by atoms with Crippen molar-refractivity contribution in [3.8, 4) is 5.75 Å². The van der Waals surface area contributed by atoms with Gasteiger partial charge in [-0.1, -0.05) is 24.3 Å². The van der Waals surface area contributed by atoms with E-state index in [1.165, 1.54) is 0 Å². The molecule has 1 heterocycles. The van der Waals surface area contributed by atoms with Crippen LogP contribution >= 0.6 is 0 Å². The van der Waals surface area contributed by atoms with E-state index in [9.17, 15) is 0 Å². The monoisotopic (exact) mass is 267 g/mol. The van der Waals surface area contributed by atoms with E-state index < -0.39 is 0 Å². The summed E-state index contributed by atoms with van der Waals surface area (Å²) in [7, 11) is 1.67. The van der Waals surface area contributed by atoms with Crippen molar-refractivity contribution in [2.75, 3.05) is 7.11 Å². The van der Waals surface area contributed by atoms with Crippen LogP contribution in [0.25, 0.3) is 11.0 Å². The van der Waals surface area contributed by atoms with Crippen LogP contribution in [0, 0.1) is 0 Å². The lowest BCUT2D eigenvalue weighted by atomic mass is 10.1. The number of hydrogen-bond donors (Lipinski definition) is 2. The predicted molar refractivity (Wildman–Crippen MR) is 79.8 cm³/mol. The van der Waals surface area contributed by atoms with Crippen molar-refractivity contribution in [3.63, 3.8) is 0 Å². The molecule has 3 aromatic rings. The van der Waals surface area contributed by atoms with Crippen molar-refractivity contribution >= 4 is 11.0 Å². The fourth-order valence-electron chi connectivity index (χ4n) is 2.37. The molecule has 102 valence electrons. The number of aromatic nitrogens is 2. The van der Waals surface area contributed by atoms with Crippen molar-refractivity contribution in [1.29, 1.82) is 0 Å². The minimum atomic E-state index is 0.501. The molecule has 0 bridgehead atoms. The van der Waals surface area contributed by atoms with Crippen LogP contribution < -0.4 is 10.5 Å². The number of hydrogen-bond acceptors (Lipinski definition) is 3. The Morgan fingerprint density at radius 3 is 2.85 bits per heavy atom. The Hall–Kier alpha value is -2.33. The van der Waals surface area contributed by atoms with E-state index in [-0.39, 0.29) is 0 Å². The highest BCUT2D eigenvalue weighted by molar-refractivity contribution is 5.78. The van der Waals surface area contributed by atoms with Gasteiger partial charge in [0.1, 0.15) is 11.6 Å². The first-order valence-corrected chi connectivity index (χ1v) is 6.59. The lowest BCUT2D eigenvalue weighted by Crippen LogP contribution is -1.96. The minimum absolute atomic E-state index is 0.501. The summed E-state index contributed by atoms with van der Waals surface area (Å²) in [6.07, 6.45) is 0.746. The summed E-state index contributed by atoms with van der Waals surface area (Å²) in [6.45, 7) is 0.501. The second kappa shape index (κ2) is 5.35. The molecule has 0 spiro atoms. The van der Waals surface area contributed by atoms with Crippen LogP contribution in [0.1, 0.15) is 17.0 Å². The maximum Gasteiger partial charge on any atom is 0.119 e. The van der Waals surface area contributed by atoms with Crippen molar-refractivity contribution < 1.29 is 4.74 Å². The number of benzene rings is 2. The Morgan fingerprint density at radius 2 is 2.05 bits per heavy atom. The fourth-order valence-corrected chi connectivity index (χ4v) is 2.37. The van der Waals surface area contributed by atoms with Gasteiger partial charge in [-0.05, 0) is 29.3 Å². The average molecular weight is 267 g/mol. The lowest BCUT2D eigenvalue weighted by Gasteiger charge is -2.02. The zero-order valence-electron chi connectivity index (χ0n) is 11.4. The van der Waals surface area contributed by atoms with E-state index in [2.05, 4.69) is 16.0 Å². The molecule has 0 amide bonds. The Morgan fingerprint density at radius 1 is 1.20 bits per heavy atom. The summed E-state index contributed by atoms with van der Waals surface area (Å²) in [6, 6.07) is 14.1. The third-order valence-corrected chi connectivity index (χ3v) is 3.37. The maximum absolute atomic E-state index is 5.75. The molecule has 0 aliphatic rings. The van der Waals surface area contributed by atoms with Crippen LogP contribution in [0.3, 0.4) is 0 Å². The van der Waals surface area contributed by atoms with E-state index in [1.807, 2.05) is 36.4 Å². The van der Waals surface area contributed by atoms with E-state index in [1.54, 1.807) is 7.11 Å². The molecular formula is C16H17N3O. The van der Waals surface area contributed by atoms with E-state index in [0.29, 0.717) is 6.54 Å². The van der Waals surface area contributed by atoms with Crippen LogP contribution in [-0.2, 0) is 13.0 Å². The number of rotatable bonds is 4. The summed E-state index contributed by atoms with van der Waals surface area (Å²) >= 11 is 0. The lowest BCUT2D eigenvalue weighted by molar-refractivity contribution is 0.414. The number of para-hydroxylation sites is 1.